The van der Waals surface area contributed by atoms with Gasteiger partial charge in [0.2, 0.25) is 0 Å². The molecule has 5 nitrogen and oxygen atoms in total. The van der Waals surface area contributed by atoms with Crippen molar-refractivity contribution in [1.29, 1.82) is 0 Å². The minimum Gasteiger partial charge on any atom is -0.382 e. The van der Waals surface area contributed by atoms with E-state index in [1.165, 1.54) is 23.7 Å². The molecule has 7 heteroatoms. The van der Waals surface area contributed by atoms with Crippen LogP contribution in [0.5, 0.6) is 0 Å². The Morgan fingerprint density at radius 1 is 1.44 bits per heavy atom. The van der Waals surface area contributed by atoms with Crippen molar-refractivity contribution in [3.05, 3.63) is 39.4 Å². The van der Waals surface area contributed by atoms with Gasteiger partial charge in [0.1, 0.15) is 11.5 Å². The summed E-state index contributed by atoms with van der Waals surface area (Å²) in [6, 6.07) is 3.70. The molecule has 94 valence electrons. The molecule has 0 aliphatic heterocycles. The SMILES string of the molecule is CN(Cc1ccc(Cl)s1)C(=O)c1cnc(N)cn1. The molecule has 0 atom stereocenters. The Labute approximate surface area is 113 Å². The van der Waals surface area contributed by atoms with Gasteiger partial charge in [-0.15, -0.1) is 11.3 Å². The summed E-state index contributed by atoms with van der Waals surface area (Å²) in [6.07, 6.45) is 2.73. The zero-order valence-corrected chi connectivity index (χ0v) is 11.2. The Morgan fingerprint density at radius 3 is 2.78 bits per heavy atom. The fourth-order valence-corrected chi connectivity index (χ4v) is 2.53. The first kappa shape index (κ1) is 12.8. The number of aromatic nitrogens is 2. The van der Waals surface area contributed by atoms with E-state index in [0.717, 1.165) is 4.88 Å². The first-order valence-electron chi connectivity index (χ1n) is 5.13. The lowest BCUT2D eigenvalue weighted by Crippen LogP contribution is -2.26. The zero-order chi connectivity index (χ0) is 13.1. The van der Waals surface area contributed by atoms with Gasteiger partial charge in [-0.05, 0) is 12.1 Å². The summed E-state index contributed by atoms with van der Waals surface area (Å²) in [6.45, 7) is 0.488. The minimum atomic E-state index is -0.202. The first-order valence-corrected chi connectivity index (χ1v) is 6.33. The number of rotatable bonds is 3. The van der Waals surface area contributed by atoms with E-state index in [1.807, 2.05) is 12.1 Å². The van der Waals surface area contributed by atoms with Gasteiger partial charge in [0.05, 0.1) is 23.3 Å². The third kappa shape index (κ3) is 2.96. The highest BCUT2D eigenvalue weighted by atomic mass is 35.5. The van der Waals surface area contributed by atoms with E-state index in [1.54, 1.807) is 11.9 Å². The molecular formula is C11H11ClN4OS. The zero-order valence-electron chi connectivity index (χ0n) is 9.63. The maximum atomic E-state index is 12.0. The number of nitrogens with zero attached hydrogens (tertiary/aromatic N) is 3. The van der Waals surface area contributed by atoms with Crippen molar-refractivity contribution in [2.24, 2.45) is 0 Å². The number of halogens is 1. The van der Waals surface area contributed by atoms with Crippen molar-refractivity contribution in [3.8, 4) is 0 Å². The quantitative estimate of drug-likeness (QED) is 0.935. The number of thiophene rings is 1. The van der Waals surface area contributed by atoms with E-state index < -0.39 is 0 Å². The first-order chi connectivity index (χ1) is 8.56. The Hall–Kier alpha value is -1.66. The summed E-state index contributed by atoms with van der Waals surface area (Å²) in [5, 5.41) is 0. The normalized spacial score (nSPS) is 10.3. The molecule has 0 saturated carbocycles. The molecule has 0 aromatic carbocycles. The molecule has 18 heavy (non-hydrogen) atoms. The van der Waals surface area contributed by atoms with Crippen LogP contribution in [0.1, 0.15) is 15.4 Å². The summed E-state index contributed by atoms with van der Waals surface area (Å²) < 4.78 is 0.707. The molecule has 2 aromatic heterocycles. The fourth-order valence-electron chi connectivity index (χ4n) is 1.39. The van der Waals surface area contributed by atoms with Crippen LogP contribution in [0.3, 0.4) is 0 Å². The van der Waals surface area contributed by atoms with Gasteiger partial charge in [-0.1, -0.05) is 11.6 Å². The van der Waals surface area contributed by atoms with E-state index in [9.17, 15) is 4.79 Å². The summed E-state index contributed by atoms with van der Waals surface area (Å²) in [5.74, 6) is 0.0891. The number of anilines is 1. The van der Waals surface area contributed by atoms with Crippen LogP contribution in [0, 0.1) is 0 Å². The van der Waals surface area contributed by atoms with Gasteiger partial charge in [0.25, 0.3) is 5.91 Å². The smallest absolute Gasteiger partial charge is 0.274 e. The summed E-state index contributed by atoms with van der Waals surface area (Å²) in [4.78, 5) is 22.4. The lowest BCUT2D eigenvalue weighted by molar-refractivity contribution is 0.0780. The van der Waals surface area contributed by atoms with E-state index in [0.29, 0.717) is 16.7 Å². The number of carbonyl (C=O) groups excluding carboxylic acids is 1. The van der Waals surface area contributed by atoms with Crippen LogP contribution >= 0.6 is 22.9 Å². The van der Waals surface area contributed by atoms with Crippen molar-refractivity contribution >= 4 is 34.7 Å². The second kappa shape index (κ2) is 5.32. The van der Waals surface area contributed by atoms with E-state index in [2.05, 4.69) is 9.97 Å². The maximum Gasteiger partial charge on any atom is 0.274 e. The molecule has 0 fully saturated rings. The molecule has 0 aliphatic carbocycles. The van der Waals surface area contributed by atoms with Crippen molar-refractivity contribution in [2.75, 3.05) is 12.8 Å². The highest BCUT2D eigenvalue weighted by molar-refractivity contribution is 7.16. The van der Waals surface area contributed by atoms with Crippen LogP contribution in [0.4, 0.5) is 5.82 Å². The average molecular weight is 283 g/mol. The molecule has 2 rings (SSSR count). The van der Waals surface area contributed by atoms with Crippen LogP contribution in [0.2, 0.25) is 4.34 Å². The van der Waals surface area contributed by atoms with Crippen LogP contribution in [-0.2, 0) is 6.54 Å². The topological polar surface area (TPSA) is 72.1 Å². The van der Waals surface area contributed by atoms with Gasteiger partial charge < -0.3 is 10.6 Å². The minimum absolute atomic E-state index is 0.202. The molecule has 2 aromatic rings. The van der Waals surface area contributed by atoms with Crippen molar-refractivity contribution in [3.63, 3.8) is 0 Å². The van der Waals surface area contributed by atoms with Gasteiger partial charge in [-0.25, -0.2) is 9.97 Å². The number of amides is 1. The number of nitrogen functional groups attached to an aromatic ring is 1. The van der Waals surface area contributed by atoms with Crippen LogP contribution in [0.25, 0.3) is 0 Å². The molecule has 2 heterocycles. The molecule has 0 aliphatic rings. The molecule has 0 spiro atoms. The molecule has 0 saturated heterocycles. The van der Waals surface area contributed by atoms with Crippen molar-refractivity contribution < 1.29 is 4.79 Å². The molecular weight excluding hydrogens is 272 g/mol. The van der Waals surface area contributed by atoms with Crippen LogP contribution in [0.15, 0.2) is 24.5 Å². The van der Waals surface area contributed by atoms with E-state index in [-0.39, 0.29) is 11.6 Å². The lowest BCUT2D eigenvalue weighted by atomic mass is 10.3. The maximum absolute atomic E-state index is 12.0. The Morgan fingerprint density at radius 2 is 2.22 bits per heavy atom. The van der Waals surface area contributed by atoms with Gasteiger partial charge in [-0.2, -0.15) is 0 Å². The molecule has 0 unspecified atom stereocenters. The van der Waals surface area contributed by atoms with Crippen LogP contribution in [-0.4, -0.2) is 27.8 Å². The van der Waals surface area contributed by atoms with Crippen LogP contribution < -0.4 is 5.73 Å². The third-order valence-electron chi connectivity index (χ3n) is 2.26. The molecule has 1 amide bonds. The second-order valence-electron chi connectivity index (χ2n) is 3.69. The largest absolute Gasteiger partial charge is 0.382 e. The third-order valence-corrected chi connectivity index (χ3v) is 3.48. The number of hydrogen-bond acceptors (Lipinski definition) is 5. The molecule has 0 bridgehead atoms. The van der Waals surface area contributed by atoms with E-state index in [4.69, 9.17) is 17.3 Å². The highest BCUT2D eigenvalue weighted by Gasteiger charge is 2.14. The van der Waals surface area contributed by atoms with Crippen molar-refractivity contribution in [1.82, 2.24) is 14.9 Å². The van der Waals surface area contributed by atoms with Gasteiger partial charge in [-0.3, -0.25) is 4.79 Å². The summed E-state index contributed by atoms with van der Waals surface area (Å²) in [7, 11) is 1.70. The number of hydrogen-bond donors (Lipinski definition) is 1. The average Bonchev–Trinajstić information content (AvgIpc) is 2.75. The fraction of sp³-hybridized carbons (Fsp3) is 0.182. The Balaban J connectivity index is 2.07. The predicted octanol–water partition coefficient (Wildman–Crippen LogP) is 2.05. The summed E-state index contributed by atoms with van der Waals surface area (Å²) in [5.41, 5.74) is 5.69. The highest BCUT2D eigenvalue weighted by Crippen LogP contribution is 2.22. The number of carbonyl (C=O) groups is 1. The Kier molecular flexibility index (Phi) is 3.78. The van der Waals surface area contributed by atoms with Gasteiger partial charge >= 0.3 is 0 Å². The Bertz CT molecular complexity index is 554. The molecule has 0 radical (unpaired) electrons. The van der Waals surface area contributed by atoms with Gasteiger partial charge in [0, 0.05) is 11.9 Å². The predicted molar refractivity (Wildman–Crippen MR) is 71.6 cm³/mol. The lowest BCUT2D eigenvalue weighted by Gasteiger charge is -2.15. The molecule has 2 N–H and O–H groups in total. The van der Waals surface area contributed by atoms with E-state index >= 15 is 0 Å². The monoisotopic (exact) mass is 282 g/mol. The second-order valence-corrected chi connectivity index (χ2v) is 5.49. The standard InChI is InChI=1S/C11H11ClN4OS/c1-16(6-7-2-3-9(12)18-7)11(17)8-4-15-10(13)5-14-8/h2-5H,6H2,1H3,(H2,13,15). The van der Waals surface area contributed by atoms with Gasteiger partial charge in [0.15, 0.2) is 0 Å². The summed E-state index contributed by atoms with van der Waals surface area (Å²) >= 11 is 7.28. The van der Waals surface area contributed by atoms with Crippen molar-refractivity contribution in [2.45, 2.75) is 6.54 Å². The number of nitrogens with two attached hydrogens (primary N) is 1.